The molecule has 0 atom stereocenters. The number of imidazole rings is 2. The number of hydrogen-bond donors (Lipinski definition) is 4. The highest BCUT2D eigenvalue weighted by Gasteiger charge is 2.28. The van der Waals surface area contributed by atoms with E-state index in [0.717, 1.165) is 59.7 Å². The van der Waals surface area contributed by atoms with E-state index in [1.165, 1.54) is 48.0 Å². The Bertz CT molecular complexity index is 3230. The lowest BCUT2D eigenvalue weighted by Crippen LogP contribution is -2.27. The average molecular weight is 1020 g/mol. The van der Waals surface area contributed by atoms with Crippen LogP contribution in [0, 0.1) is 0 Å². The van der Waals surface area contributed by atoms with Crippen molar-refractivity contribution in [1.29, 1.82) is 0 Å². The van der Waals surface area contributed by atoms with Crippen LogP contribution in [0.5, 0.6) is 11.5 Å². The Hall–Kier alpha value is -8.79. The van der Waals surface area contributed by atoms with Crippen LogP contribution in [-0.2, 0) is 22.6 Å². The number of esters is 2. The third-order valence-corrected chi connectivity index (χ3v) is 11.7. The van der Waals surface area contributed by atoms with Gasteiger partial charge in [0.25, 0.3) is 11.8 Å². The number of aromatic nitrogens is 6. The summed E-state index contributed by atoms with van der Waals surface area (Å²) in [7, 11) is 9.70. The summed E-state index contributed by atoms with van der Waals surface area (Å²) >= 11 is 6.23. The molecule has 0 aliphatic heterocycles. The fourth-order valence-electron chi connectivity index (χ4n) is 7.34. The standard InChI is InChI=1S/C25H26N6O5.C19H20ClN5O2.C6H7NO3/c1-30(14-15-4-8-17(34-2)9-5-15)19-12-21(28-18-10-11-36-22(18)25(33)35-3)29-31-20(13-26-23(19)31)24(32)27-16-6-7-16;1-24(11-12-3-7-14(27-2)8-4-12)15-9-17(20)23-25-16(10-21-18(15)25)19(26)22-13-5-6-13;1-9-6(8)5-4(7)2-3-10-5/h4-5,8-13,16H,6-7,14H2,1-3H3,(H,27,32)(H,28,29);3-4,7-10,13H,5-6,11H2,1-2H3,(H,22,26);2-3H,7H2,1H3. The predicted molar refractivity (Wildman–Crippen MR) is 270 cm³/mol. The lowest BCUT2D eigenvalue weighted by molar-refractivity contribution is 0.0558. The first-order chi connectivity index (χ1) is 35.3. The summed E-state index contributed by atoms with van der Waals surface area (Å²) in [6.45, 7) is 1.22. The van der Waals surface area contributed by atoms with Crippen LogP contribution in [0.15, 0.2) is 107 Å². The summed E-state index contributed by atoms with van der Waals surface area (Å²) in [6.07, 6.45) is 9.76. The molecule has 22 nitrogen and oxygen atoms in total. The molecule has 2 fully saturated rings. The number of furan rings is 2. The summed E-state index contributed by atoms with van der Waals surface area (Å²) < 4.78 is 32.6. The third-order valence-electron chi connectivity index (χ3n) is 11.5. The molecule has 380 valence electrons. The predicted octanol–water partition coefficient (Wildman–Crippen LogP) is 6.96. The SMILES string of the molecule is COC(=O)c1occc1N.COC(=O)c1occc1Nc1cc(N(C)Cc2ccc(OC)cc2)c2ncc(C(=O)NC3CC3)n2n1.COc1ccc(CN(C)c2cc(Cl)nn3c(C(=O)NC4CC4)cnc23)cc1. The molecule has 5 N–H and O–H groups in total. The summed E-state index contributed by atoms with van der Waals surface area (Å²) in [5.74, 6) is 0.475. The topological polar surface area (TPSA) is 260 Å². The van der Waals surface area contributed by atoms with Gasteiger partial charge in [-0.25, -0.2) is 28.6 Å². The summed E-state index contributed by atoms with van der Waals surface area (Å²) in [6, 6.07) is 22.8. The minimum Gasteiger partial charge on any atom is -0.497 e. The normalized spacial score (nSPS) is 12.6. The maximum Gasteiger partial charge on any atom is 0.376 e. The van der Waals surface area contributed by atoms with Gasteiger partial charge in [0.05, 0.1) is 76.1 Å². The van der Waals surface area contributed by atoms with Crippen LogP contribution >= 0.6 is 11.6 Å². The van der Waals surface area contributed by atoms with Gasteiger partial charge < -0.3 is 59.3 Å². The van der Waals surface area contributed by atoms with E-state index in [9.17, 15) is 19.2 Å². The molecule has 0 saturated heterocycles. The Morgan fingerprint density at radius 3 is 1.60 bits per heavy atom. The van der Waals surface area contributed by atoms with Gasteiger partial charge in [0.15, 0.2) is 33.7 Å². The third kappa shape index (κ3) is 12.2. The molecule has 2 saturated carbocycles. The Morgan fingerprint density at radius 2 is 1.14 bits per heavy atom. The molecule has 2 aliphatic rings. The fraction of sp³-hybridized carbons (Fsp3) is 0.280. The largest absolute Gasteiger partial charge is 0.497 e. The van der Waals surface area contributed by atoms with E-state index < -0.39 is 11.9 Å². The summed E-state index contributed by atoms with van der Waals surface area (Å²) in [5.41, 5.74) is 11.5. The smallest absolute Gasteiger partial charge is 0.376 e. The number of methoxy groups -OCH3 is 4. The zero-order chi connectivity index (χ0) is 51.8. The van der Waals surface area contributed by atoms with Gasteiger partial charge in [0.2, 0.25) is 11.5 Å². The van der Waals surface area contributed by atoms with Crippen LogP contribution in [0.2, 0.25) is 5.15 Å². The van der Waals surface area contributed by atoms with E-state index in [0.29, 0.717) is 58.1 Å². The molecule has 2 aromatic carbocycles. The molecule has 10 rings (SSSR count). The first kappa shape index (κ1) is 50.6. The lowest BCUT2D eigenvalue weighted by Gasteiger charge is -2.21. The van der Waals surface area contributed by atoms with Crippen LogP contribution in [0.25, 0.3) is 11.3 Å². The number of nitrogens with two attached hydrogens (primary N) is 1. The minimum absolute atomic E-state index is 0.0184. The summed E-state index contributed by atoms with van der Waals surface area (Å²) in [4.78, 5) is 61.1. The zero-order valence-electron chi connectivity index (χ0n) is 40.8. The Balaban J connectivity index is 0.000000168. The Morgan fingerprint density at radius 1 is 0.671 bits per heavy atom. The van der Waals surface area contributed by atoms with Crippen LogP contribution in [0.4, 0.5) is 28.6 Å². The van der Waals surface area contributed by atoms with Gasteiger partial charge in [-0.05, 0) is 61.1 Å². The molecule has 0 radical (unpaired) electrons. The number of benzene rings is 2. The van der Waals surface area contributed by atoms with E-state index >= 15 is 0 Å². The monoisotopic (exact) mass is 1020 g/mol. The number of carbonyl (C=O) groups excluding carboxylic acids is 4. The van der Waals surface area contributed by atoms with Crippen molar-refractivity contribution in [3.8, 4) is 11.5 Å². The number of amides is 2. The Labute approximate surface area is 423 Å². The highest BCUT2D eigenvalue weighted by Crippen LogP contribution is 2.30. The number of halogens is 1. The fourth-order valence-corrected chi connectivity index (χ4v) is 7.52. The van der Waals surface area contributed by atoms with Crippen molar-refractivity contribution >= 4 is 75.2 Å². The molecule has 2 amide bonds. The van der Waals surface area contributed by atoms with Crippen molar-refractivity contribution in [3.05, 3.63) is 137 Å². The van der Waals surface area contributed by atoms with Crippen LogP contribution < -0.4 is 41.0 Å². The molecule has 6 aromatic heterocycles. The van der Waals surface area contributed by atoms with Crippen molar-refractivity contribution in [2.24, 2.45) is 0 Å². The van der Waals surface area contributed by atoms with Gasteiger partial charge in [-0.3, -0.25) is 9.59 Å². The van der Waals surface area contributed by atoms with Crippen molar-refractivity contribution in [1.82, 2.24) is 39.8 Å². The number of nitrogens with one attached hydrogen (secondary N) is 3. The van der Waals surface area contributed by atoms with Gasteiger partial charge in [-0.2, -0.15) is 5.10 Å². The number of rotatable bonds is 16. The second kappa shape index (κ2) is 22.5. The summed E-state index contributed by atoms with van der Waals surface area (Å²) in [5, 5.41) is 18.2. The van der Waals surface area contributed by atoms with E-state index in [1.807, 2.05) is 78.5 Å². The molecular weight excluding hydrogens is 964 g/mol. The molecule has 0 unspecified atom stereocenters. The van der Waals surface area contributed by atoms with Gasteiger partial charge in [0, 0.05) is 63.5 Å². The van der Waals surface area contributed by atoms with Crippen LogP contribution in [0.3, 0.4) is 0 Å². The molecule has 23 heteroatoms. The highest BCUT2D eigenvalue weighted by molar-refractivity contribution is 6.29. The van der Waals surface area contributed by atoms with Crippen LogP contribution in [0.1, 0.15) is 78.9 Å². The highest BCUT2D eigenvalue weighted by atomic mass is 35.5. The lowest BCUT2D eigenvalue weighted by atomic mass is 10.2. The number of hydrogen-bond acceptors (Lipinski definition) is 18. The molecular formula is C50H53ClN12O10. The van der Waals surface area contributed by atoms with Crippen molar-refractivity contribution in [2.75, 3.05) is 63.4 Å². The number of nitrogen functional groups attached to an aromatic ring is 1. The van der Waals surface area contributed by atoms with Crippen molar-refractivity contribution in [3.63, 3.8) is 0 Å². The van der Waals surface area contributed by atoms with Crippen LogP contribution in [-0.4, -0.2) is 108 Å². The molecule has 0 bridgehead atoms. The number of fused-ring (bicyclic) bond motifs is 2. The minimum atomic E-state index is -0.618. The number of carbonyl (C=O) groups is 4. The van der Waals surface area contributed by atoms with Gasteiger partial charge in [0.1, 0.15) is 11.5 Å². The van der Waals surface area contributed by atoms with E-state index in [2.05, 4.69) is 40.9 Å². The first-order valence-corrected chi connectivity index (χ1v) is 23.2. The molecule has 2 aliphatic carbocycles. The average Bonchev–Trinajstić information content (AvgIpc) is 4.15. The maximum atomic E-state index is 12.9. The number of anilines is 5. The van der Waals surface area contributed by atoms with E-state index in [-0.39, 0.29) is 35.4 Å². The Kier molecular flexibility index (Phi) is 15.6. The molecule has 8 aromatic rings. The zero-order valence-corrected chi connectivity index (χ0v) is 41.5. The van der Waals surface area contributed by atoms with E-state index in [4.69, 9.17) is 40.4 Å². The van der Waals surface area contributed by atoms with Crippen molar-refractivity contribution < 1.29 is 47.0 Å². The first-order valence-electron chi connectivity index (χ1n) is 22.8. The molecule has 0 spiro atoms. The molecule has 73 heavy (non-hydrogen) atoms. The quantitative estimate of drug-likeness (QED) is 0.0713. The second-order valence-electron chi connectivity index (χ2n) is 16.9. The van der Waals surface area contributed by atoms with Gasteiger partial charge in [-0.1, -0.05) is 35.9 Å². The number of nitrogens with zero attached hydrogens (tertiary/aromatic N) is 8. The molecule has 6 heterocycles. The second-order valence-corrected chi connectivity index (χ2v) is 17.3. The maximum absolute atomic E-state index is 12.9. The van der Waals surface area contributed by atoms with Gasteiger partial charge in [-0.15, -0.1) is 5.10 Å². The number of ether oxygens (including phenoxy) is 4. The van der Waals surface area contributed by atoms with Gasteiger partial charge >= 0.3 is 11.9 Å². The van der Waals surface area contributed by atoms with Crippen molar-refractivity contribution in [2.45, 2.75) is 50.9 Å². The van der Waals surface area contributed by atoms with E-state index in [1.54, 1.807) is 32.5 Å².